The summed E-state index contributed by atoms with van der Waals surface area (Å²) in [6.07, 6.45) is 3.98. The van der Waals surface area contributed by atoms with Crippen LogP contribution in [-0.2, 0) is 4.74 Å². The van der Waals surface area contributed by atoms with Crippen molar-refractivity contribution in [2.24, 2.45) is 11.8 Å². The minimum absolute atomic E-state index is 0.345. The zero-order valence-corrected chi connectivity index (χ0v) is 6.89. The maximum absolute atomic E-state index is 5.80. The molecule has 1 saturated carbocycles. The lowest BCUT2D eigenvalue weighted by Crippen LogP contribution is -2.23. The molecule has 2 aliphatic rings. The summed E-state index contributed by atoms with van der Waals surface area (Å²) >= 11 is 0. The van der Waals surface area contributed by atoms with Crippen molar-refractivity contribution in [3.63, 3.8) is 0 Å². The van der Waals surface area contributed by atoms with Gasteiger partial charge in [-0.15, -0.1) is 0 Å². The van der Waals surface area contributed by atoms with Gasteiger partial charge >= 0.3 is 0 Å². The summed E-state index contributed by atoms with van der Waals surface area (Å²) < 4.78 is 5.80. The van der Waals surface area contributed by atoms with Gasteiger partial charge in [-0.05, 0) is 31.1 Å². The molecule has 1 saturated heterocycles. The van der Waals surface area contributed by atoms with Gasteiger partial charge in [0.15, 0.2) is 0 Å². The molecule has 2 atom stereocenters. The normalized spacial score (nSPS) is 53.4. The van der Waals surface area contributed by atoms with Crippen LogP contribution < -0.4 is 0 Å². The second kappa shape index (κ2) is 1.97. The monoisotopic (exact) mass is 140 g/mol. The molecule has 2 unspecified atom stereocenters. The molecule has 1 heteroatoms. The summed E-state index contributed by atoms with van der Waals surface area (Å²) in [7, 11) is 0. The van der Waals surface area contributed by atoms with Crippen LogP contribution in [0.25, 0.3) is 0 Å². The van der Waals surface area contributed by atoms with Gasteiger partial charge < -0.3 is 4.74 Å². The third kappa shape index (κ3) is 0.672. The van der Waals surface area contributed by atoms with Crippen molar-refractivity contribution >= 4 is 0 Å². The molecule has 0 amide bonds. The Morgan fingerprint density at radius 2 is 1.90 bits per heavy atom. The van der Waals surface area contributed by atoms with Gasteiger partial charge in [0.1, 0.15) is 0 Å². The van der Waals surface area contributed by atoms with Crippen LogP contribution in [0.5, 0.6) is 0 Å². The van der Waals surface area contributed by atoms with Gasteiger partial charge in [-0.2, -0.15) is 0 Å². The lowest BCUT2D eigenvalue weighted by molar-refractivity contribution is -0.0218. The van der Waals surface area contributed by atoms with E-state index in [1.807, 2.05) is 0 Å². The maximum Gasteiger partial charge on any atom is 0.0740 e. The smallest absolute Gasteiger partial charge is 0.0740 e. The Morgan fingerprint density at radius 1 is 1.20 bits per heavy atom. The molecule has 0 aromatic heterocycles. The number of ether oxygens (including phenoxy) is 1. The van der Waals surface area contributed by atoms with E-state index in [1.54, 1.807) is 0 Å². The van der Waals surface area contributed by atoms with Crippen molar-refractivity contribution in [2.45, 2.75) is 38.7 Å². The van der Waals surface area contributed by atoms with E-state index in [0.29, 0.717) is 5.60 Å². The van der Waals surface area contributed by atoms with Crippen LogP contribution in [0, 0.1) is 11.8 Å². The Morgan fingerprint density at radius 3 is 2.20 bits per heavy atom. The van der Waals surface area contributed by atoms with E-state index < -0.39 is 0 Å². The van der Waals surface area contributed by atoms with E-state index in [2.05, 4.69) is 13.8 Å². The molecule has 0 aromatic carbocycles. The quantitative estimate of drug-likeness (QED) is 0.501. The maximum atomic E-state index is 5.80. The first kappa shape index (κ1) is 6.66. The van der Waals surface area contributed by atoms with E-state index in [9.17, 15) is 0 Å². The minimum atomic E-state index is 0.345. The fourth-order valence-electron chi connectivity index (χ4n) is 2.38. The van der Waals surface area contributed by atoms with Crippen molar-refractivity contribution in [1.82, 2.24) is 0 Å². The Balaban J connectivity index is 2.03. The zero-order valence-electron chi connectivity index (χ0n) is 6.89. The van der Waals surface area contributed by atoms with Gasteiger partial charge in [0.05, 0.1) is 5.60 Å². The molecule has 2 fully saturated rings. The zero-order chi connectivity index (χ0) is 7.19. The van der Waals surface area contributed by atoms with Gasteiger partial charge in [-0.25, -0.2) is 0 Å². The Hall–Kier alpha value is -0.0400. The molecule has 1 spiro atoms. The van der Waals surface area contributed by atoms with Crippen LogP contribution in [0.15, 0.2) is 0 Å². The SMILES string of the molecule is CC1C(C)C12CCCCO2. The van der Waals surface area contributed by atoms with Crippen molar-refractivity contribution in [2.75, 3.05) is 6.61 Å². The highest BCUT2D eigenvalue weighted by Gasteiger charge is 2.60. The Labute approximate surface area is 62.8 Å². The van der Waals surface area contributed by atoms with Crippen LogP contribution in [0.2, 0.25) is 0 Å². The van der Waals surface area contributed by atoms with Gasteiger partial charge in [-0.3, -0.25) is 0 Å². The van der Waals surface area contributed by atoms with Crippen LogP contribution in [0.1, 0.15) is 33.1 Å². The third-order valence-electron chi connectivity index (χ3n) is 3.52. The second-order valence-corrected chi connectivity index (χ2v) is 3.84. The Kier molecular flexibility index (Phi) is 1.31. The summed E-state index contributed by atoms with van der Waals surface area (Å²) in [5, 5.41) is 0. The molecule has 58 valence electrons. The molecule has 0 bridgehead atoms. The predicted octanol–water partition coefficient (Wildman–Crippen LogP) is 2.21. The molecule has 2 rings (SSSR count). The van der Waals surface area contributed by atoms with Crippen molar-refractivity contribution in [3.8, 4) is 0 Å². The van der Waals surface area contributed by atoms with Crippen molar-refractivity contribution < 1.29 is 4.74 Å². The highest BCUT2D eigenvalue weighted by Crippen LogP contribution is 2.57. The van der Waals surface area contributed by atoms with Crippen LogP contribution in [0.4, 0.5) is 0 Å². The summed E-state index contributed by atoms with van der Waals surface area (Å²) in [4.78, 5) is 0. The second-order valence-electron chi connectivity index (χ2n) is 3.84. The molecule has 1 nitrogen and oxygen atoms in total. The molecular formula is C9H16O. The largest absolute Gasteiger partial charge is 0.374 e. The van der Waals surface area contributed by atoms with E-state index >= 15 is 0 Å². The fraction of sp³-hybridized carbons (Fsp3) is 1.00. The van der Waals surface area contributed by atoms with Gasteiger partial charge in [0, 0.05) is 6.61 Å². The summed E-state index contributed by atoms with van der Waals surface area (Å²) in [5.41, 5.74) is 0.345. The molecule has 1 aliphatic heterocycles. The Bertz CT molecular complexity index is 126. The van der Waals surface area contributed by atoms with Crippen molar-refractivity contribution in [3.05, 3.63) is 0 Å². The first-order valence-corrected chi connectivity index (χ1v) is 4.41. The number of hydrogen-bond donors (Lipinski definition) is 0. The third-order valence-corrected chi connectivity index (χ3v) is 3.52. The highest BCUT2D eigenvalue weighted by molar-refractivity contribution is 5.09. The van der Waals surface area contributed by atoms with Gasteiger partial charge in [-0.1, -0.05) is 13.8 Å². The van der Waals surface area contributed by atoms with Crippen molar-refractivity contribution in [1.29, 1.82) is 0 Å². The lowest BCUT2D eigenvalue weighted by atomic mass is 10.0. The number of hydrogen-bond acceptors (Lipinski definition) is 1. The minimum Gasteiger partial charge on any atom is -0.374 e. The van der Waals surface area contributed by atoms with Gasteiger partial charge in [0.2, 0.25) is 0 Å². The molecule has 0 aromatic rings. The highest BCUT2D eigenvalue weighted by atomic mass is 16.5. The molecule has 1 heterocycles. The summed E-state index contributed by atoms with van der Waals surface area (Å²) in [5.74, 6) is 1.65. The van der Waals surface area contributed by atoms with Gasteiger partial charge in [0.25, 0.3) is 0 Å². The molecular weight excluding hydrogens is 124 g/mol. The van der Waals surface area contributed by atoms with E-state index in [4.69, 9.17) is 4.74 Å². The molecule has 10 heavy (non-hydrogen) atoms. The molecule has 1 aliphatic carbocycles. The summed E-state index contributed by atoms with van der Waals surface area (Å²) in [6.45, 7) is 5.64. The predicted molar refractivity (Wildman–Crippen MR) is 40.9 cm³/mol. The van der Waals surface area contributed by atoms with E-state index in [1.165, 1.54) is 19.3 Å². The fourth-order valence-corrected chi connectivity index (χ4v) is 2.38. The topological polar surface area (TPSA) is 9.23 Å². The average Bonchev–Trinajstić information content (AvgIpc) is 2.45. The van der Waals surface area contributed by atoms with Crippen LogP contribution in [-0.4, -0.2) is 12.2 Å². The molecule has 0 radical (unpaired) electrons. The first-order valence-electron chi connectivity index (χ1n) is 4.41. The average molecular weight is 140 g/mol. The van der Waals surface area contributed by atoms with Crippen LogP contribution >= 0.6 is 0 Å². The van der Waals surface area contributed by atoms with E-state index in [0.717, 1.165) is 18.4 Å². The first-order chi connectivity index (χ1) is 4.77. The molecule has 0 N–H and O–H groups in total. The lowest BCUT2D eigenvalue weighted by Gasteiger charge is -2.23. The number of rotatable bonds is 0. The van der Waals surface area contributed by atoms with E-state index in [-0.39, 0.29) is 0 Å². The standard InChI is InChI=1S/C9H16O/c1-7-8(2)9(7)5-3-4-6-10-9/h7-8H,3-6H2,1-2H3. The van der Waals surface area contributed by atoms with Crippen LogP contribution in [0.3, 0.4) is 0 Å². The summed E-state index contributed by atoms with van der Waals surface area (Å²) in [6, 6.07) is 0.